The van der Waals surface area contributed by atoms with Gasteiger partial charge in [-0.15, -0.1) is 0 Å². The fourth-order valence-corrected chi connectivity index (χ4v) is 5.54. The number of hydrogen-bond donors (Lipinski definition) is 0. The molecule has 2 heterocycles. The number of epoxide rings is 2. The predicted molar refractivity (Wildman–Crippen MR) is 141 cm³/mol. The molecule has 2 saturated heterocycles. The first-order valence-corrected chi connectivity index (χ1v) is 13.4. The monoisotopic (exact) mass is 514 g/mol. The van der Waals surface area contributed by atoms with Crippen LogP contribution in [0.5, 0.6) is 5.75 Å². The van der Waals surface area contributed by atoms with Crippen molar-refractivity contribution >= 4 is 12.0 Å². The van der Waals surface area contributed by atoms with Gasteiger partial charge in [-0.05, 0) is 77.7 Å². The second kappa shape index (κ2) is 11.7. The van der Waals surface area contributed by atoms with Crippen LogP contribution in [0.4, 0.5) is 0 Å². The van der Waals surface area contributed by atoms with Crippen molar-refractivity contribution in [2.45, 2.75) is 89.5 Å². The average Bonchev–Trinajstić information content (AvgIpc) is 3.78. The molecule has 1 spiro atoms. The van der Waals surface area contributed by atoms with Crippen molar-refractivity contribution in [3.05, 3.63) is 47.6 Å². The zero-order chi connectivity index (χ0) is 26.6. The van der Waals surface area contributed by atoms with Gasteiger partial charge in [0.05, 0.1) is 31.3 Å². The van der Waals surface area contributed by atoms with Crippen molar-refractivity contribution in [1.82, 2.24) is 0 Å². The lowest BCUT2D eigenvalue weighted by atomic mass is 9.68. The minimum absolute atomic E-state index is 0.00887. The van der Waals surface area contributed by atoms with Gasteiger partial charge in [0.1, 0.15) is 35.8 Å². The first-order valence-electron chi connectivity index (χ1n) is 13.4. The number of benzene rings is 1. The van der Waals surface area contributed by atoms with Gasteiger partial charge >= 0.3 is 5.97 Å². The molecule has 0 bridgehead atoms. The van der Waals surface area contributed by atoms with Crippen molar-refractivity contribution in [2.24, 2.45) is 5.92 Å². The molecule has 204 valence electrons. The molecule has 0 radical (unpaired) electrons. The zero-order valence-corrected chi connectivity index (χ0v) is 23.0. The third-order valence-electron chi connectivity index (χ3n) is 7.60. The van der Waals surface area contributed by atoms with Gasteiger partial charge in [-0.1, -0.05) is 23.8 Å². The minimum Gasteiger partial charge on any atom is -0.491 e. The predicted octanol–water partition coefficient (Wildman–Crippen LogP) is 5.12. The van der Waals surface area contributed by atoms with Crippen molar-refractivity contribution < 1.29 is 33.2 Å². The summed E-state index contributed by atoms with van der Waals surface area (Å²) in [5.74, 6) is 0.389. The molecule has 1 aromatic rings. The van der Waals surface area contributed by atoms with E-state index in [1.807, 2.05) is 38.1 Å². The largest absolute Gasteiger partial charge is 0.491 e. The number of carbonyl (C=O) groups is 1. The Morgan fingerprint density at radius 1 is 1.19 bits per heavy atom. The number of ether oxygens (including phenoxy) is 6. The Morgan fingerprint density at radius 3 is 2.54 bits per heavy atom. The Labute approximate surface area is 221 Å². The zero-order valence-electron chi connectivity index (χ0n) is 23.0. The molecule has 2 unspecified atom stereocenters. The van der Waals surface area contributed by atoms with E-state index in [1.165, 1.54) is 11.6 Å². The quantitative estimate of drug-likeness (QED) is 0.126. The number of hydrogen-bond acceptors (Lipinski definition) is 7. The number of esters is 1. The molecule has 1 aliphatic carbocycles. The van der Waals surface area contributed by atoms with Crippen LogP contribution in [0.15, 0.2) is 42.0 Å². The Morgan fingerprint density at radius 2 is 1.92 bits per heavy atom. The Bertz CT molecular complexity index is 974. The molecule has 7 heteroatoms. The van der Waals surface area contributed by atoms with E-state index in [9.17, 15) is 4.79 Å². The summed E-state index contributed by atoms with van der Waals surface area (Å²) in [6.45, 7) is 12.1. The molecular formula is C30H42O7. The fraction of sp³-hybridized carbons (Fsp3) is 0.633. The van der Waals surface area contributed by atoms with Gasteiger partial charge < -0.3 is 28.4 Å². The maximum absolute atomic E-state index is 12.8. The number of methoxy groups -OCH3 is 1. The Hall–Kier alpha value is -2.19. The van der Waals surface area contributed by atoms with E-state index in [0.29, 0.717) is 26.2 Å². The molecule has 1 saturated carbocycles. The van der Waals surface area contributed by atoms with Crippen LogP contribution in [-0.2, 0) is 28.5 Å². The van der Waals surface area contributed by atoms with Gasteiger partial charge in [0, 0.05) is 13.2 Å². The molecule has 6 atom stereocenters. The van der Waals surface area contributed by atoms with Crippen LogP contribution in [0.2, 0.25) is 0 Å². The van der Waals surface area contributed by atoms with Gasteiger partial charge in [-0.3, -0.25) is 0 Å². The van der Waals surface area contributed by atoms with Crippen LogP contribution in [0.3, 0.4) is 0 Å². The summed E-state index contributed by atoms with van der Waals surface area (Å²) in [4.78, 5) is 12.8. The second-order valence-corrected chi connectivity index (χ2v) is 11.0. The summed E-state index contributed by atoms with van der Waals surface area (Å²) in [6.07, 6.45) is 7.51. The van der Waals surface area contributed by atoms with E-state index in [4.69, 9.17) is 28.4 Å². The van der Waals surface area contributed by atoms with E-state index >= 15 is 0 Å². The highest BCUT2D eigenvalue weighted by Crippen LogP contribution is 2.59. The Balaban J connectivity index is 1.33. The van der Waals surface area contributed by atoms with E-state index in [1.54, 1.807) is 13.2 Å². The van der Waals surface area contributed by atoms with Crippen LogP contribution in [0.25, 0.3) is 6.08 Å². The van der Waals surface area contributed by atoms with E-state index < -0.39 is 0 Å². The summed E-state index contributed by atoms with van der Waals surface area (Å²) >= 11 is 0. The minimum atomic E-state index is -0.382. The van der Waals surface area contributed by atoms with Crippen molar-refractivity contribution in [3.8, 4) is 5.75 Å². The molecule has 3 aliphatic rings. The van der Waals surface area contributed by atoms with Gasteiger partial charge in [0.15, 0.2) is 0 Å². The van der Waals surface area contributed by atoms with Gasteiger partial charge in [-0.25, -0.2) is 4.79 Å². The fourth-order valence-electron chi connectivity index (χ4n) is 5.54. The molecule has 0 aromatic heterocycles. The van der Waals surface area contributed by atoms with E-state index in [0.717, 1.165) is 24.2 Å². The van der Waals surface area contributed by atoms with Gasteiger partial charge in [0.25, 0.3) is 0 Å². The molecule has 4 rings (SSSR count). The molecule has 0 amide bonds. The highest BCUT2D eigenvalue weighted by molar-refractivity contribution is 5.87. The highest BCUT2D eigenvalue weighted by Gasteiger charge is 2.72. The average molecular weight is 515 g/mol. The van der Waals surface area contributed by atoms with E-state index in [-0.39, 0.29) is 47.5 Å². The molecule has 0 N–H and O–H groups in total. The number of carbonyl (C=O) groups excluding carboxylic acids is 1. The van der Waals surface area contributed by atoms with Crippen LogP contribution < -0.4 is 4.74 Å². The number of rotatable bonds is 12. The van der Waals surface area contributed by atoms with Crippen molar-refractivity contribution in [2.75, 3.05) is 26.9 Å². The van der Waals surface area contributed by atoms with Gasteiger partial charge in [0.2, 0.25) is 0 Å². The van der Waals surface area contributed by atoms with Gasteiger partial charge in [-0.2, -0.15) is 0 Å². The molecule has 1 aromatic carbocycles. The number of allylic oxidation sites excluding steroid dienone is 1. The first kappa shape index (κ1) is 27.8. The maximum atomic E-state index is 12.8. The molecule has 37 heavy (non-hydrogen) atoms. The lowest BCUT2D eigenvalue weighted by Gasteiger charge is -2.42. The summed E-state index contributed by atoms with van der Waals surface area (Å²) in [5, 5.41) is 0. The van der Waals surface area contributed by atoms with Crippen LogP contribution in [0, 0.1) is 5.92 Å². The molecule has 7 nitrogen and oxygen atoms in total. The molecule has 2 aliphatic heterocycles. The van der Waals surface area contributed by atoms with Crippen molar-refractivity contribution in [3.63, 3.8) is 0 Å². The summed E-state index contributed by atoms with van der Waals surface area (Å²) in [6, 6.07) is 7.57. The van der Waals surface area contributed by atoms with E-state index in [2.05, 4.69) is 26.8 Å². The summed E-state index contributed by atoms with van der Waals surface area (Å²) < 4.78 is 35.3. The lowest BCUT2D eigenvalue weighted by Crippen LogP contribution is -2.55. The molecular weight excluding hydrogens is 472 g/mol. The SMILES string of the molecule is CO[C@@H]1C(OC(=O)/C=C/c2ccc(OCCOC(C)C)cc2)CC[C@]2(CO2)[C@H]1C1(C)O[C@H]1CC=C(C)C. The maximum Gasteiger partial charge on any atom is 0.331 e. The summed E-state index contributed by atoms with van der Waals surface area (Å²) in [7, 11) is 1.69. The Kier molecular flexibility index (Phi) is 8.79. The lowest BCUT2D eigenvalue weighted by molar-refractivity contribution is -0.166. The van der Waals surface area contributed by atoms with Crippen LogP contribution in [0.1, 0.15) is 59.4 Å². The van der Waals surface area contributed by atoms with Crippen LogP contribution in [-0.4, -0.2) is 68.5 Å². The third kappa shape index (κ3) is 6.82. The molecule has 3 fully saturated rings. The smallest absolute Gasteiger partial charge is 0.331 e. The van der Waals surface area contributed by atoms with Crippen LogP contribution >= 0.6 is 0 Å². The topological polar surface area (TPSA) is 79.1 Å². The first-order chi connectivity index (χ1) is 17.7. The second-order valence-electron chi connectivity index (χ2n) is 11.0. The highest BCUT2D eigenvalue weighted by atomic mass is 16.6. The summed E-state index contributed by atoms with van der Waals surface area (Å²) in [5.41, 5.74) is 1.57. The normalized spacial score (nSPS) is 32.5. The van der Waals surface area contributed by atoms with Crippen molar-refractivity contribution in [1.29, 1.82) is 0 Å². The standard InChI is InChI=1S/C30H42O7/c1-20(2)7-13-25-29(5,37-25)28-27(32-6)24(15-16-30(28)19-35-30)36-26(31)14-10-22-8-11-23(12-9-22)34-18-17-33-21(3)4/h7-12,14,21,24-25,27-28H,13,15-19H2,1-6H3/b14-10+/t24?,25-,27+,28+,29?,30-/m0/s1. The third-order valence-corrected chi connectivity index (χ3v) is 7.60.